The van der Waals surface area contributed by atoms with Gasteiger partial charge >= 0.3 is 0 Å². The SMILES string of the molecule is COCCN(C)C1CC(OC(C)(C)C)C1. The normalized spacial score (nSPS) is 26.8. The summed E-state index contributed by atoms with van der Waals surface area (Å²) in [5.74, 6) is 0. The molecule has 0 atom stereocenters. The Bertz CT molecular complexity index is 183. The van der Waals surface area contributed by atoms with Crippen molar-refractivity contribution in [2.75, 3.05) is 27.3 Å². The van der Waals surface area contributed by atoms with Crippen LogP contribution in [-0.2, 0) is 9.47 Å². The van der Waals surface area contributed by atoms with E-state index in [2.05, 4.69) is 32.7 Å². The van der Waals surface area contributed by atoms with Gasteiger partial charge < -0.3 is 14.4 Å². The Morgan fingerprint density at radius 2 is 1.87 bits per heavy atom. The number of rotatable bonds is 5. The van der Waals surface area contributed by atoms with E-state index in [0.29, 0.717) is 12.1 Å². The Morgan fingerprint density at radius 1 is 1.27 bits per heavy atom. The molecule has 0 aromatic rings. The minimum atomic E-state index is 0.000732. The van der Waals surface area contributed by atoms with Crippen LogP contribution in [0.3, 0.4) is 0 Å². The fourth-order valence-corrected chi connectivity index (χ4v) is 1.91. The van der Waals surface area contributed by atoms with Gasteiger partial charge in [-0.2, -0.15) is 0 Å². The molecular weight excluding hydrogens is 190 g/mol. The van der Waals surface area contributed by atoms with Crippen molar-refractivity contribution in [2.45, 2.75) is 51.4 Å². The summed E-state index contributed by atoms with van der Waals surface area (Å²) < 4.78 is 11.0. The second-order valence-corrected chi connectivity index (χ2v) is 5.45. The third-order valence-corrected chi connectivity index (χ3v) is 2.86. The molecule has 0 spiro atoms. The molecule has 3 nitrogen and oxygen atoms in total. The van der Waals surface area contributed by atoms with Gasteiger partial charge in [-0.15, -0.1) is 0 Å². The first-order chi connectivity index (χ1) is 6.92. The monoisotopic (exact) mass is 215 g/mol. The summed E-state index contributed by atoms with van der Waals surface area (Å²) in [6.45, 7) is 8.19. The van der Waals surface area contributed by atoms with Crippen LogP contribution in [0.25, 0.3) is 0 Å². The smallest absolute Gasteiger partial charge is 0.0612 e. The molecule has 0 bridgehead atoms. The highest BCUT2D eigenvalue weighted by Crippen LogP contribution is 2.30. The number of nitrogens with zero attached hydrogens (tertiary/aromatic N) is 1. The number of methoxy groups -OCH3 is 1. The van der Waals surface area contributed by atoms with Crippen molar-refractivity contribution in [3.05, 3.63) is 0 Å². The maximum atomic E-state index is 5.90. The third-order valence-electron chi connectivity index (χ3n) is 2.86. The van der Waals surface area contributed by atoms with Crippen LogP contribution >= 0.6 is 0 Å². The highest BCUT2D eigenvalue weighted by Gasteiger charge is 2.34. The number of hydrogen-bond acceptors (Lipinski definition) is 3. The summed E-state index contributed by atoms with van der Waals surface area (Å²) in [7, 11) is 3.91. The maximum Gasteiger partial charge on any atom is 0.0612 e. The predicted molar refractivity (Wildman–Crippen MR) is 62.2 cm³/mol. The fourth-order valence-electron chi connectivity index (χ4n) is 1.91. The van der Waals surface area contributed by atoms with Gasteiger partial charge in [-0.25, -0.2) is 0 Å². The van der Waals surface area contributed by atoms with Crippen LogP contribution in [0, 0.1) is 0 Å². The molecule has 1 fully saturated rings. The molecule has 0 unspecified atom stereocenters. The Labute approximate surface area is 93.7 Å². The van der Waals surface area contributed by atoms with E-state index in [1.54, 1.807) is 7.11 Å². The predicted octanol–water partition coefficient (Wildman–Crippen LogP) is 1.91. The van der Waals surface area contributed by atoms with Gasteiger partial charge in [-0.3, -0.25) is 0 Å². The first-order valence-electron chi connectivity index (χ1n) is 5.79. The van der Waals surface area contributed by atoms with E-state index >= 15 is 0 Å². The summed E-state index contributed by atoms with van der Waals surface area (Å²) in [4.78, 5) is 2.37. The van der Waals surface area contributed by atoms with Gasteiger partial charge in [0.1, 0.15) is 0 Å². The Morgan fingerprint density at radius 3 is 2.33 bits per heavy atom. The molecule has 0 saturated heterocycles. The lowest BCUT2D eigenvalue weighted by Gasteiger charge is -2.43. The standard InChI is InChI=1S/C12H25NO2/c1-12(2,3)15-11-8-10(9-11)13(4)6-7-14-5/h10-11H,6-9H2,1-5H3. The second-order valence-electron chi connectivity index (χ2n) is 5.45. The Balaban J connectivity index is 2.14. The van der Waals surface area contributed by atoms with Gasteiger partial charge in [0, 0.05) is 19.7 Å². The Hall–Kier alpha value is -0.120. The van der Waals surface area contributed by atoms with Gasteiger partial charge in [0.15, 0.2) is 0 Å². The molecule has 1 rings (SSSR count). The fraction of sp³-hybridized carbons (Fsp3) is 1.00. The molecule has 0 aromatic heterocycles. The van der Waals surface area contributed by atoms with Crippen LogP contribution in [0.5, 0.6) is 0 Å². The van der Waals surface area contributed by atoms with Crippen LogP contribution in [0.4, 0.5) is 0 Å². The van der Waals surface area contributed by atoms with Crippen molar-refractivity contribution in [3.63, 3.8) is 0 Å². The van der Waals surface area contributed by atoms with Crippen LogP contribution in [0.1, 0.15) is 33.6 Å². The molecule has 1 aliphatic carbocycles. The van der Waals surface area contributed by atoms with Crippen molar-refractivity contribution >= 4 is 0 Å². The molecule has 15 heavy (non-hydrogen) atoms. The Kier molecular flexibility index (Phi) is 4.56. The van der Waals surface area contributed by atoms with E-state index in [1.807, 2.05) is 0 Å². The minimum absolute atomic E-state index is 0.000732. The van der Waals surface area contributed by atoms with Crippen molar-refractivity contribution in [1.29, 1.82) is 0 Å². The van der Waals surface area contributed by atoms with E-state index in [0.717, 1.165) is 26.0 Å². The van der Waals surface area contributed by atoms with Gasteiger partial charge in [0.2, 0.25) is 0 Å². The van der Waals surface area contributed by atoms with E-state index in [9.17, 15) is 0 Å². The molecule has 0 amide bonds. The lowest BCUT2D eigenvalue weighted by Crippen LogP contribution is -2.49. The summed E-state index contributed by atoms with van der Waals surface area (Å²) in [6, 6.07) is 0.687. The second kappa shape index (κ2) is 5.28. The zero-order valence-corrected chi connectivity index (χ0v) is 10.7. The first-order valence-corrected chi connectivity index (χ1v) is 5.79. The average molecular weight is 215 g/mol. The topological polar surface area (TPSA) is 21.7 Å². The van der Waals surface area contributed by atoms with Crippen LogP contribution in [-0.4, -0.2) is 50.0 Å². The molecular formula is C12H25NO2. The van der Waals surface area contributed by atoms with Gasteiger partial charge in [0.25, 0.3) is 0 Å². The number of ether oxygens (including phenoxy) is 2. The zero-order valence-electron chi connectivity index (χ0n) is 10.7. The van der Waals surface area contributed by atoms with Crippen LogP contribution in [0.15, 0.2) is 0 Å². The van der Waals surface area contributed by atoms with Crippen molar-refractivity contribution in [3.8, 4) is 0 Å². The minimum Gasteiger partial charge on any atom is -0.383 e. The molecule has 0 N–H and O–H groups in total. The lowest BCUT2D eigenvalue weighted by molar-refractivity contribution is -0.118. The van der Waals surface area contributed by atoms with Crippen molar-refractivity contribution < 1.29 is 9.47 Å². The first kappa shape index (κ1) is 12.9. The summed E-state index contributed by atoms with van der Waals surface area (Å²) in [5.41, 5.74) is 0.000732. The van der Waals surface area contributed by atoms with Crippen LogP contribution < -0.4 is 0 Å². The van der Waals surface area contributed by atoms with E-state index in [1.165, 1.54) is 0 Å². The highest BCUT2D eigenvalue weighted by molar-refractivity contribution is 4.88. The van der Waals surface area contributed by atoms with Gasteiger partial charge in [-0.05, 0) is 40.7 Å². The summed E-state index contributed by atoms with van der Waals surface area (Å²) >= 11 is 0. The summed E-state index contributed by atoms with van der Waals surface area (Å²) in [5, 5.41) is 0. The molecule has 0 heterocycles. The van der Waals surface area contributed by atoms with Gasteiger partial charge in [0.05, 0.1) is 18.3 Å². The molecule has 0 aromatic carbocycles. The zero-order chi connectivity index (χ0) is 11.5. The van der Waals surface area contributed by atoms with Crippen molar-refractivity contribution in [1.82, 2.24) is 4.90 Å². The quantitative estimate of drug-likeness (QED) is 0.699. The average Bonchev–Trinajstić information content (AvgIpc) is 2.05. The van der Waals surface area contributed by atoms with Crippen molar-refractivity contribution in [2.24, 2.45) is 0 Å². The van der Waals surface area contributed by atoms with Crippen LogP contribution in [0.2, 0.25) is 0 Å². The lowest BCUT2D eigenvalue weighted by atomic mass is 9.87. The highest BCUT2D eigenvalue weighted by atomic mass is 16.5. The number of hydrogen-bond donors (Lipinski definition) is 0. The molecule has 0 aliphatic heterocycles. The molecule has 1 saturated carbocycles. The maximum absolute atomic E-state index is 5.90. The number of likely N-dealkylation sites (N-methyl/N-ethyl adjacent to an activating group) is 1. The molecule has 3 heteroatoms. The van der Waals surface area contributed by atoms with E-state index in [4.69, 9.17) is 9.47 Å². The molecule has 90 valence electrons. The van der Waals surface area contributed by atoms with Gasteiger partial charge in [-0.1, -0.05) is 0 Å². The third kappa shape index (κ3) is 4.49. The molecule has 1 aliphatic rings. The largest absolute Gasteiger partial charge is 0.383 e. The van der Waals surface area contributed by atoms with E-state index < -0.39 is 0 Å². The molecule has 0 radical (unpaired) electrons. The van der Waals surface area contributed by atoms with E-state index in [-0.39, 0.29) is 5.60 Å². The summed E-state index contributed by atoms with van der Waals surface area (Å²) in [6.07, 6.45) is 2.79.